The summed E-state index contributed by atoms with van der Waals surface area (Å²) in [6.07, 6.45) is 2.19. The Kier molecular flexibility index (Phi) is 20.7. The number of aliphatic hydroxyl groups excluding tert-OH is 2. The van der Waals surface area contributed by atoms with E-state index < -0.39 is 90.9 Å². The van der Waals surface area contributed by atoms with E-state index in [1.807, 2.05) is 49.4 Å². The maximum absolute atomic E-state index is 13.5. The van der Waals surface area contributed by atoms with Crippen LogP contribution >= 0.6 is 0 Å². The van der Waals surface area contributed by atoms with Crippen LogP contribution in [0.3, 0.4) is 0 Å². The van der Waals surface area contributed by atoms with E-state index in [9.17, 15) is 59.1 Å². The molecule has 0 radical (unpaired) electrons. The molecule has 0 aromatic heterocycles. The maximum Gasteiger partial charge on any atom is 0.326 e. The standard InChI is InChI=1S/C44H57N7O12/c1-26(7-6-10-28-8-4-3-5-9-28)33(45)23-38(57)49-36(25-52)42(60)51-40(27(2)53)43(61)50-34(21-29-11-15-31(54)16-12-29)41(59)47-24-39(58)46-20-19-37(56)48-35(44(62)63)22-30-13-17-32(55)18-14-30/h3-6,8-18,26-27,33-36,40,52-55H,7,19-25,45H2,1-2H3,(H,46,58)(H,47,59)(H,48,56)(H,49,57)(H,50,61)(H,51,60)(H,62,63)/b10-6+/t26-,27+,33+,34+,35+,36+,40-/m0/s1. The second-order valence-electron chi connectivity index (χ2n) is 15.0. The van der Waals surface area contributed by atoms with Crippen LogP contribution in [-0.2, 0) is 46.4 Å². The lowest BCUT2D eigenvalue weighted by atomic mass is 9.95. The van der Waals surface area contributed by atoms with Gasteiger partial charge in [0.15, 0.2) is 0 Å². The van der Waals surface area contributed by atoms with Crippen molar-refractivity contribution in [2.24, 2.45) is 11.7 Å². The number of hydrogen-bond acceptors (Lipinski definition) is 12. The highest BCUT2D eigenvalue weighted by molar-refractivity contribution is 5.95. The summed E-state index contributed by atoms with van der Waals surface area (Å²) in [5.41, 5.74) is 8.28. The molecule has 0 aliphatic heterocycles. The molecule has 3 rings (SSSR count). The van der Waals surface area contributed by atoms with Crippen LogP contribution < -0.4 is 37.6 Å². The molecule has 3 aromatic carbocycles. The van der Waals surface area contributed by atoms with Crippen molar-refractivity contribution in [1.82, 2.24) is 31.9 Å². The first-order valence-electron chi connectivity index (χ1n) is 20.2. The quantitative estimate of drug-likeness (QED) is 0.0505. The fourth-order valence-electron chi connectivity index (χ4n) is 6.02. The van der Waals surface area contributed by atoms with Crippen molar-refractivity contribution in [3.8, 4) is 11.5 Å². The first-order chi connectivity index (χ1) is 29.9. The third-order valence-corrected chi connectivity index (χ3v) is 9.78. The summed E-state index contributed by atoms with van der Waals surface area (Å²) in [6, 6.07) is 14.6. The monoisotopic (exact) mass is 875 g/mol. The Balaban J connectivity index is 1.56. The number of aliphatic carboxylic acids is 1. The Morgan fingerprint density at radius 1 is 0.667 bits per heavy atom. The maximum atomic E-state index is 13.5. The van der Waals surface area contributed by atoms with Crippen molar-refractivity contribution in [1.29, 1.82) is 0 Å². The molecule has 340 valence electrons. The number of nitrogens with two attached hydrogens (primary N) is 1. The fourth-order valence-corrected chi connectivity index (χ4v) is 6.02. The third-order valence-electron chi connectivity index (χ3n) is 9.78. The Labute approximate surface area is 364 Å². The molecule has 0 heterocycles. The third kappa shape index (κ3) is 18.4. The number of aliphatic hydroxyl groups is 2. The molecule has 13 N–H and O–H groups in total. The number of hydrogen-bond donors (Lipinski definition) is 12. The molecular weight excluding hydrogens is 819 g/mol. The normalized spacial score (nSPS) is 14.4. The van der Waals surface area contributed by atoms with Gasteiger partial charge in [-0.25, -0.2) is 4.79 Å². The molecule has 19 heteroatoms. The predicted octanol–water partition coefficient (Wildman–Crippen LogP) is -0.641. The van der Waals surface area contributed by atoms with Crippen molar-refractivity contribution >= 4 is 47.5 Å². The fraction of sp³-hybridized carbons (Fsp3) is 0.386. The molecule has 3 aromatic rings. The average Bonchev–Trinajstić information content (AvgIpc) is 3.24. The van der Waals surface area contributed by atoms with Gasteiger partial charge in [-0.1, -0.05) is 73.7 Å². The number of aromatic hydroxyl groups is 2. The first kappa shape index (κ1) is 50.5. The van der Waals surface area contributed by atoms with Crippen molar-refractivity contribution in [3.63, 3.8) is 0 Å². The number of amides is 6. The molecule has 0 aliphatic carbocycles. The number of phenols is 2. The Bertz CT molecular complexity index is 2010. The van der Waals surface area contributed by atoms with Crippen LogP contribution in [0.5, 0.6) is 11.5 Å². The summed E-state index contributed by atoms with van der Waals surface area (Å²) in [5.74, 6) is -6.43. The topological polar surface area (TPSA) is 319 Å². The first-order valence-corrected chi connectivity index (χ1v) is 20.2. The van der Waals surface area contributed by atoms with E-state index in [0.29, 0.717) is 17.5 Å². The highest BCUT2D eigenvalue weighted by Crippen LogP contribution is 2.15. The number of carbonyl (C=O) groups is 7. The second kappa shape index (κ2) is 25.8. The second-order valence-corrected chi connectivity index (χ2v) is 15.0. The van der Waals surface area contributed by atoms with Crippen LogP contribution in [0, 0.1) is 5.92 Å². The van der Waals surface area contributed by atoms with Gasteiger partial charge in [0.2, 0.25) is 35.4 Å². The summed E-state index contributed by atoms with van der Waals surface area (Å²) in [7, 11) is 0. The van der Waals surface area contributed by atoms with Gasteiger partial charge < -0.3 is 63.2 Å². The van der Waals surface area contributed by atoms with E-state index in [2.05, 4.69) is 31.9 Å². The zero-order valence-electron chi connectivity index (χ0n) is 35.0. The van der Waals surface area contributed by atoms with Gasteiger partial charge in [0.05, 0.1) is 19.3 Å². The summed E-state index contributed by atoms with van der Waals surface area (Å²) in [6.45, 7) is 1.37. The van der Waals surface area contributed by atoms with Gasteiger partial charge in [-0.15, -0.1) is 0 Å². The molecular formula is C44H57N7O12. The summed E-state index contributed by atoms with van der Waals surface area (Å²) < 4.78 is 0. The van der Waals surface area contributed by atoms with Gasteiger partial charge in [0.1, 0.15) is 35.7 Å². The minimum absolute atomic E-state index is 0.00551. The van der Waals surface area contributed by atoms with E-state index in [1.54, 1.807) is 0 Å². The minimum atomic E-state index is -1.69. The zero-order chi connectivity index (χ0) is 46.5. The molecule has 0 bridgehead atoms. The van der Waals surface area contributed by atoms with Gasteiger partial charge in [-0.3, -0.25) is 28.8 Å². The number of nitrogens with one attached hydrogen (secondary N) is 6. The van der Waals surface area contributed by atoms with Crippen LogP contribution in [0.15, 0.2) is 84.9 Å². The largest absolute Gasteiger partial charge is 0.508 e. The van der Waals surface area contributed by atoms with Crippen molar-refractivity contribution in [2.75, 3.05) is 19.7 Å². The Morgan fingerprint density at radius 2 is 1.24 bits per heavy atom. The lowest BCUT2D eigenvalue weighted by Crippen LogP contribution is -2.60. The van der Waals surface area contributed by atoms with E-state index in [0.717, 1.165) is 5.56 Å². The van der Waals surface area contributed by atoms with Gasteiger partial charge in [0.25, 0.3) is 0 Å². The summed E-state index contributed by atoms with van der Waals surface area (Å²) >= 11 is 0. The van der Waals surface area contributed by atoms with E-state index in [1.165, 1.54) is 55.5 Å². The highest BCUT2D eigenvalue weighted by atomic mass is 16.4. The number of rotatable bonds is 25. The van der Waals surface area contributed by atoms with Gasteiger partial charge in [0, 0.05) is 38.3 Å². The molecule has 0 unspecified atom stereocenters. The van der Waals surface area contributed by atoms with E-state index >= 15 is 0 Å². The summed E-state index contributed by atoms with van der Waals surface area (Å²) in [4.78, 5) is 89.8. The molecule has 6 amide bonds. The highest BCUT2D eigenvalue weighted by Gasteiger charge is 2.33. The SMILES string of the molecule is C[C@@H](O)[C@H](NC(=O)[C@@H](CO)NC(=O)C[C@@H](N)[C@@H](C)C/C=C/c1ccccc1)C(=O)N[C@H](Cc1ccc(O)cc1)C(=O)NCC(=O)NCCC(=O)N[C@H](Cc1ccc(O)cc1)C(=O)O. The molecule has 0 aliphatic rings. The van der Waals surface area contributed by atoms with E-state index in [4.69, 9.17) is 5.73 Å². The van der Waals surface area contributed by atoms with E-state index in [-0.39, 0.29) is 49.6 Å². The Hall–Kier alpha value is -6.83. The Morgan fingerprint density at radius 3 is 1.79 bits per heavy atom. The van der Waals surface area contributed by atoms with Crippen LogP contribution in [0.1, 0.15) is 49.8 Å². The molecule has 63 heavy (non-hydrogen) atoms. The number of benzene rings is 3. The predicted molar refractivity (Wildman–Crippen MR) is 230 cm³/mol. The number of allylic oxidation sites excluding steroid dienone is 1. The van der Waals surface area contributed by atoms with Gasteiger partial charge in [-0.2, -0.15) is 0 Å². The minimum Gasteiger partial charge on any atom is -0.508 e. The zero-order valence-corrected chi connectivity index (χ0v) is 35.0. The molecule has 0 saturated carbocycles. The number of carboxylic acids is 1. The average molecular weight is 876 g/mol. The molecule has 0 spiro atoms. The van der Waals surface area contributed by atoms with Crippen LogP contribution in [-0.4, -0.2) is 123 Å². The van der Waals surface area contributed by atoms with Crippen LogP contribution in [0.4, 0.5) is 0 Å². The lowest BCUT2D eigenvalue weighted by Gasteiger charge is -2.26. The van der Waals surface area contributed by atoms with Crippen LogP contribution in [0.2, 0.25) is 0 Å². The molecule has 19 nitrogen and oxygen atoms in total. The molecule has 7 atom stereocenters. The molecule has 0 saturated heterocycles. The lowest BCUT2D eigenvalue weighted by molar-refractivity contribution is -0.141. The van der Waals surface area contributed by atoms with Crippen molar-refractivity contribution < 1.29 is 59.1 Å². The van der Waals surface area contributed by atoms with Gasteiger partial charge in [-0.05, 0) is 60.2 Å². The van der Waals surface area contributed by atoms with Crippen molar-refractivity contribution in [3.05, 3.63) is 102 Å². The summed E-state index contributed by atoms with van der Waals surface area (Å²) in [5, 5.41) is 63.5. The van der Waals surface area contributed by atoms with Crippen molar-refractivity contribution in [2.45, 2.75) is 82.3 Å². The van der Waals surface area contributed by atoms with Crippen LogP contribution in [0.25, 0.3) is 6.08 Å². The smallest absolute Gasteiger partial charge is 0.326 e. The number of carboxylic acid groups (broad SMARTS) is 1. The number of phenolic OH excluding ortho intramolecular Hbond substituents is 2. The van der Waals surface area contributed by atoms with Gasteiger partial charge >= 0.3 is 5.97 Å². The molecule has 0 fully saturated rings. The number of carbonyl (C=O) groups excluding carboxylic acids is 6.